The molecule has 0 saturated carbocycles. The van der Waals surface area contributed by atoms with Crippen molar-refractivity contribution in [2.24, 2.45) is 5.14 Å². The van der Waals surface area contributed by atoms with E-state index >= 15 is 0 Å². The molecule has 0 aliphatic heterocycles. The summed E-state index contributed by atoms with van der Waals surface area (Å²) in [6.45, 7) is 4.38. The molecule has 152 valence electrons. The average molecular weight is 431 g/mol. The molecule has 0 unspecified atom stereocenters. The second kappa shape index (κ2) is 8.81. The summed E-state index contributed by atoms with van der Waals surface area (Å²) in [4.78, 5) is 16.6. The summed E-state index contributed by atoms with van der Waals surface area (Å²) in [7, 11) is -3.72. The van der Waals surface area contributed by atoms with E-state index in [-0.39, 0.29) is 16.6 Å². The van der Waals surface area contributed by atoms with Gasteiger partial charge in [0.05, 0.1) is 16.3 Å². The van der Waals surface area contributed by atoms with E-state index in [1.54, 1.807) is 18.3 Å². The number of nitrogens with two attached hydrogens (primary N) is 1. The molecule has 7 nitrogen and oxygen atoms in total. The lowest BCUT2D eigenvalue weighted by Gasteiger charge is -2.11. The Hall–Kier alpha value is -2.62. The summed E-state index contributed by atoms with van der Waals surface area (Å²) in [6.07, 6.45) is 3.60. The van der Waals surface area contributed by atoms with Crippen LogP contribution in [0.4, 0.5) is 0 Å². The van der Waals surface area contributed by atoms with Crippen LogP contribution in [-0.4, -0.2) is 29.6 Å². The molecule has 3 aromatic rings. The van der Waals surface area contributed by atoms with Gasteiger partial charge in [-0.25, -0.2) is 18.5 Å². The van der Waals surface area contributed by atoms with Crippen LogP contribution < -0.4 is 10.5 Å². The van der Waals surface area contributed by atoms with Crippen LogP contribution in [0.2, 0.25) is 0 Å². The molecule has 1 amide bonds. The van der Waals surface area contributed by atoms with E-state index in [0.717, 1.165) is 27.5 Å². The first-order chi connectivity index (χ1) is 13.7. The molecule has 0 fully saturated rings. The van der Waals surface area contributed by atoms with Gasteiger partial charge in [0.2, 0.25) is 15.9 Å². The molecular formula is C20H22N4O3S2. The molecule has 0 atom stereocenters. The van der Waals surface area contributed by atoms with Gasteiger partial charge in [0, 0.05) is 18.9 Å². The maximum Gasteiger partial charge on any atom is 0.238 e. The van der Waals surface area contributed by atoms with Crippen molar-refractivity contribution in [3.05, 3.63) is 71.5 Å². The predicted octanol–water partition coefficient (Wildman–Crippen LogP) is 2.55. The number of imidazole rings is 1. The highest BCUT2D eigenvalue weighted by atomic mass is 32.2. The van der Waals surface area contributed by atoms with Crippen LogP contribution in [0.3, 0.4) is 0 Å². The lowest BCUT2D eigenvalue weighted by atomic mass is 10.1. The standard InChI is InChI=1S/C20H22N4O3S2/c1-14-3-4-15(2)18(11-14)24-10-9-22-20(24)28-13-19(25)23-12-16-5-7-17(8-6-16)29(21,26)27/h3-11H,12-13H2,1-2H3,(H,23,25)(H2,21,26,27). The van der Waals surface area contributed by atoms with E-state index in [1.807, 2.05) is 24.6 Å². The van der Waals surface area contributed by atoms with Gasteiger partial charge in [-0.2, -0.15) is 0 Å². The van der Waals surface area contributed by atoms with Crippen molar-refractivity contribution in [3.8, 4) is 5.69 Å². The van der Waals surface area contributed by atoms with E-state index < -0.39 is 10.0 Å². The van der Waals surface area contributed by atoms with Crippen molar-refractivity contribution < 1.29 is 13.2 Å². The first kappa shape index (κ1) is 21.1. The third-order valence-electron chi connectivity index (χ3n) is 4.30. The van der Waals surface area contributed by atoms with Crippen molar-refractivity contribution >= 4 is 27.7 Å². The Bertz CT molecular complexity index is 1120. The number of primary sulfonamides is 1. The first-order valence-corrected chi connectivity index (χ1v) is 11.4. The Morgan fingerprint density at radius 3 is 2.59 bits per heavy atom. The lowest BCUT2D eigenvalue weighted by Crippen LogP contribution is -2.24. The normalized spacial score (nSPS) is 11.4. The Labute approximate surface area is 174 Å². The molecule has 0 spiro atoms. The van der Waals surface area contributed by atoms with Crippen molar-refractivity contribution in [2.45, 2.75) is 30.4 Å². The van der Waals surface area contributed by atoms with Crippen LogP contribution in [0.15, 0.2) is 64.9 Å². The number of hydrogen-bond acceptors (Lipinski definition) is 5. The minimum Gasteiger partial charge on any atom is -0.351 e. The molecule has 0 radical (unpaired) electrons. The summed E-state index contributed by atoms with van der Waals surface area (Å²) in [5.41, 5.74) is 4.11. The van der Waals surface area contributed by atoms with Gasteiger partial charge >= 0.3 is 0 Å². The Balaban J connectivity index is 1.58. The highest BCUT2D eigenvalue weighted by Gasteiger charge is 2.11. The van der Waals surface area contributed by atoms with Gasteiger partial charge in [-0.3, -0.25) is 9.36 Å². The molecule has 0 bridgehead atoms. The van der Waals surface area contributed by atoms with Crippen LogP contribution in [-0.2, 0) is 21.4 Å². The van der Waals surface area contributed by atoms with Crippen molar-refractivity contribution in [2.75, 3.05) is 5.75 Å². The first-order valence-electron chi connectivity index (χ1n) is 8.86. The Kier molecular flexibility index (Phi) is 6.41. The van der Waals surface area contributed by atoms with Crippen molar-refractivity contribution in [1.29, 1.82) is 0 Å². The average Bonchev–Trinajstić information content (AvgIpc) is 3.14. The molecule has 2 aromatic carbocycles. The van der Waals surface area contributed by atoms with Crippen LogP contribution in [0, 0.1) is 13.8 Å². The van der Waals surface area contributed by atoms with Crippen molar-refractivity contribution in [1.82, 2.24) is 14.9 Å². The third kappa shape index (κ3) is 5.47. The summed E-state index contributed by atoms with van der Waals surface area (Å²) in [6, 6.07) is 12.3. The van der Waals surface area contributed by atoms with Gasteiger partial charge in [0.25, 0.3) is 0 Å². The molecule has 3 rings (SSSR count). The number of carbonyl (C=O) groups is 1. The van der Waals surface area contributed by atoms with Gasteiger partial charge in [0.1, 0.15) is 0 Å². The Morgan fingerprint density at radius 2 is 1.90 bits per heavy atom. The van der Waals surface area contributed by atoms with Crippen LogP contribution >= 0.6 is 11.8 Å². The summed E-state index contributed by atoms with van der Waals surface area (Å²) in [5, 5.41) is 8.64. The molecule has 3 N–H and O–H groups in total. The van der Waals surface area contributed by atoms with Gasteiger partial charge < -0.3 is 5.32 Å². The van der Waals surface area contributed by atoms with Gasteiger partial charge in [0.15, 0.2) is 5.16 Å². The summed E-state index contributed by atoms with van der Waals surface area (Å²) >= 11 is 1.36. The highest BCUT2D eigenvalue weighted by Crippen LogP contribution is 2.23. The van der Waals surface area contributed by atoms with E-state index in [0.29, 0.717) is 6.54 Å². The molecule has 29 heavy (non-hydrogen) atoms. The van der Waals surface area contributed by atoms with E-state index in [1.165, 1.54) is 23.9 Å². The number of rotatable bonds is 7. The SMILES string of the molecule is Cc1ccc(C)c(-n2ccnc2SCC(=O)NCc2ccc(S(N)(=O)=O)cc2)c1. The summed E-state index contributed by atoms with van der Waals surface area (Å²) < 4.78 is 24.5. The molecule has 0 saturated heterocycles. The fraction of sp³-hybridized carbons (Fsp3) is 0.200. The maximum atomic E-state index is 12.2. The van der Waals surface area contributed by atoms with E-state index in [9.17, 15) is 13.2 Å². The second-order valence-corrected chi connectivity index (χ2v) is 9.13. The highest BCUT2D eigenvalue weighted by molar-refractivity contribution is 7.99. The number of thioether (sulfide) groups is 1. The van der Waals surface area contributed by atoms with E-state index in [2.05, 4.69) is 28.5 Å². The molecule has 1 heterocycles. The van der Waals surface area contributed by atoms with Gasteiger partial charge in [-0.15, -0.1) is 0 Å². The fourth-order valence-electron chi connectivity index (χ4n) is 2.74. The van der Waals surface area contributed by atoms with Gasteiger partial charge in [-0.05, 0) is 48.7 Å². The van der Waals surface area contributed by atoms with Crippen LogP contribution in [0.5, 0.6) is 0 Å². The third-order valence-corrected chi connectivity index (χ3v) is 6.20. The number of aromatic nitrogens is 2. The summed E-state index contributed by atoms with van der Waals surface area (Å²) in [5.74, 6) is 0.0815. The topological polar surface area (TPSA) is 107 Å². The number of nitrogens with zero attached hydrogens (tertiary/aromatic N) is 2. The zero-order chi connectivity index (χ0) is 21.0. The number of nitrogens with one attached hydrogen (secondary N) is 1. The van der Waals surface area contributed by atoms with Crippen molar-refractivity contribution in [3.63, 3.8) is 0 Å². The largest absolute Gasteiger partial charge is 0.351 e. The number of aryl methyl sites for hydroxylation is 2. The number of sulfonamides is 1. The number of amides is 1. The maximum absolute atomic E-state index is 12.2. The lowest BCUT2D eigenvalue weighted by molar-refractivity contribution is -0.118. The zero-order valence-corrected chi connectivity index (χ0v) is 17.8. The number of benzene rings is 2. The van der Waals surface area contributed by atoms with E-state index in [4.69, 9.17) is 5.14 Å². The number of hydrogen-bond donors (Lipinski definition) is 2. The smallest absolute Gasteiger partial charge is 0.238 e. The minimum atomic E-state index is -3.72. The second-order valence-electron chi connectivity index (χ2n) is 6.62. The Morgan fingerprint density at radius 1 is 1.17 bits per heavy atom. The molecule has 0 aliphatic rings. The minimum absolute atomic E-state index is 0.0430. The molecular weight excluding hydrogens is 408 g/mol. The molecule has 1 aromatic heterocycles. The zero-order valence-electron chi connectivity index (χ0n) is 16.1. The predicted molar refractivity (Wildman–Crippen MR) is 113 cm³/mol. The van der Waals surface area contributed by atoms with Gasteiger partial charge in [-0.1, -0.05) is 36.0 Å². The quantitative estimate of drug-likeness (QED) is 0.560. The van der Waals surface area contributed by atoms with Crippen LogP contribution in [0.1, 0.15) is 16.7 Å². The number of carbonyl (C=O) groups excluding carboxylic acids is 1. The molecule has 0 aliphatic carbocycles. The monoisotopic (exact) mass is 430 g/mol. The molecule has 9 heteroatoms. The fourth-order valence-corrected chi connectivity index (χ4v) is 4.05. The van der Waals surface area contributed by atoms with Crippen LogP contribution in [0.25, 0.3) is 5.69 Å².